The smallest absolute Gasteiger partial charge is 0.00928 e. The van der Waals surface area contributed by atoms with Crippen molar-refractivity contribution in [2.75, 3.05) is 6.26 Å². The third kappa shape index (κ3) is 2.75. The molecule has 0 unspecified atom stereocenters. The highest BCUT2D eigenvalue weighted by molar-refractivity contribution is 7.79. The lowest BCUT2D eigenvalue weighted by atomic mass is 9.92. The largest absolute Gasteiger partial charge is 0.183 e. The molecule has 1 heteroatoms. The lowest BCUT2D eigenvalue weighted by molar-refractivity contribution is 1.65. The number of rotatable bonds is 1. The van der Waals surface area contributed by atoms with E-state index in [2.05, 4.69) is 110 Å². The van der Waals surface area contributed by atoms with E-state index in [0.717, 1.165) is 0 Å². The molecule has 0 aliphatic rings. The molecule has 0 nitrogen and oxygen atoms in total. The number of hydrogen-bond donors (Lipinski definition) is 1. The number of benzene rings is 5. The van der Waals surface area contributed by atoms with Crippen molar-refractivity contribution < 1.29 is 0 Å². The van der Waals surface area contributed by atoms with Crippen molar-refractivity contribution in [2.24, 2.45) is 0 Å². The second-order valence-corrected chi connectivity index (χ2v) is 6.22. The zero-order chi connectivity index (χ0) is 17.9. The quantitative estimate of drug-likeness (QED) is 0.236. The second-order valence-electron chi connectivity index (χ2n) is 6.22. The summed E-state index contributed by atoms with van der Waals surface area (Å²) in [5.74, 6) is 0. The van der Waals surface area contributed by atoms with Crippen molar-refractivity contribution >= 4 is 44.9 Å². The van der Waals surface area contributed by atoms with E-state index >= 15 is 0 Å². The lowest BCUT2D eigenvalue weighted by Crippen LogP contribution is -1.84. The van der Waals surface area contributed by atoms with Gasteiger partial charge in [0.15, 0.2) is 0 Å². The van der Waals surface area contributed by atoms with Gasteiger partial charge in [0.25, 0.3) is 0 Å². The Bertz CT molecular complexity index is 1160. The van der Waals surface area contributed by atoms with E-state index < -0.39 is 0 Å². The molecule has 0 fully saturated rings. The predicted molar refractivity (Wildman–Crippen MR) is 119 cm³/mol. The summed E-state index contributed by atoms with van der Waals surface area (Å²) in [6, 6.07) is 34.9. The van der Waals surface area contributed by atoms with E-state index in [1.807, 2.05) is 0 Å². The Morgan fingerprint density at radius 1 is 0.385 bits per heavy atom. The van der Waals surface area contributed by atoms with Crippen LogP contribution in [0.25, 0.3) is 43.4 Å². The minimum Gasteiger partial charge on any atom is -0.183 e. The van der Waals surface area contributed by atoms with E-state index in [1.165, 1.54) is 43.4 Å². The molecule has 0 amide bonds. The molecule has 0 aliphatic carbocycles. The van der Waals surface area contributed by atoms with Crippen LogP contribution < -0.4 is 0 Å². The van der Waals surface area contributed by atoms with Gasteiger partial charge in [-0.05, 0) is 55.8 Å². The Hall–Kier alpha value is -2.77. The van der Waals surface area contributed by atoms with Gasteiger partial charge >= 0.3 is 0 Å². The maximum Gasteiger partial charge on any atom is -0.00928 e. The van der Waals surface area contributed by atoms with E-state index in [4.69, 9.17) is 0 Å². The van der Waals surface area contributed by atoms with Crippen LogP contribution in [-0.4, -0.2) is 6.26 Å². The Kier molecular flexibility index (Phi) is 4.64. The first-order chi connectivity index (χ1) is 12.9. The molecule has 0 saturated carbocycles. The molecule has 126 valence electrons. The summed E-state index contributed by atoms with van der Waals surface area (Å²) < 4.78 is 0. The van der Waals surface area contributed by atoms with Gasteiger partial charge in [0.05, 0.1) is 0 Å². The molecule has 5 rings (SSSR count). The highest BCUT2D eigenvalue weighted by Crippen LogP contribution is 2.36. The molecule has 0 spiro atoms. The molecule has 0 atom stereocenters. The Morgan fingerprint density at radius 3 is 1.35 bits per heavy atom. The highest BCUT2D eigenvalue weighted by Gasteiger charge is 2.08. The fourth-order valence-electron chi connectivity index (χ4n) is 3.72. The molecule has 0 heterocycles. The van der Waals surface area contributed by atoms with Crippen molar-refractivity contribution in [2.45, 2.75) is 0 Å². The average molecular weight is 353 g/mol. The van der Waals surface area contributed by atoms with Crippen LogP contribution >= 0.6 is 12.6 Å². The van der Waals surface area contributed by atoms with Crippen molar-refractivity contribution in [3.05, 3.63) is 97.1 Å². The second kappa shape index (κ2) is 7.23. The van der Waals surface area contributed by atoms with Crippen LogP contribution in [0.4, 0.5) is 0 Å². The predicted octanol–water partition coefficient (Wildman–Crippen LogP) is 7.36. The number of fused-ring (bicyclic) bond motifs is 6. The summed E-state index contributed by atoms with van der Waals surface area (Å²) in [5, 5.41) is 7.95. The first kappa shape index (κ1) is 16.7. The first-order valence-electron chi connectivity index (χ1n) is 8.75. The van der Waals surface area contributed by atoms with Crippen molar-refractivity contribution in [3.8, 4) is 11.1 Å². The highest BCUT2D eigenvalue weighted by atomic mass is 32.1. The van der Waals surface area contributed by atoms with Crippen LogP contribution in [0, 0.1) is 0 Å². The minimum atomic E-state index is 1.26. The third-order valence-electron chi connectivity index (χ3n) is 4.85. The molecular weight excluding hydrogens is 332 g/mol. The van der Waals surface area contributed by atoms with Crippen molar-refractivity contribution in [1.82, 2.24) is 0 Å². The fraction of sp³-hybridized carbons (Fsp3) is 0.0400. The maximum atomic E-state index is 3.53. The summed E-state index contributed by atoms with van der Waals surface area (Å²) in [6.45, 7) is 0. The van der Waals surface area contributed by atoms with Crippen LogP contribution in [0.3, 0.4) is 0 Å². The number of hydrogen-bond acceptors (Lipinski definition) is 1. The standard InChI is InChI=1S/C24H16.CH4S/c1-2-8-17(9-3-1)18-14-15-23-21-12-5-4-10-19(21)20-11-6-7-13-22(20)24(23)16-18;1-2/h1-16H;2H,1H3. The van der Waals surface area contributed by atoms with Gasteiger partial charge in [0.2, 0.25) is 0 Å². The van der Waals surface area contributed by atoms with Gasteiger partial charge < -0.3 is 0 Å². The third-order valence-corrected chi connectivity index (χ3v) is 4.85. The average Bonchev–Trinajstić information content (AvgIpc) is 2.76. The summed E-state index contributed by atoms with van der Waals surface area (Å²) in [7, 11) is 0. The van der Waals surface area contributed by atoms with Gasteiger partial charge in [-0.2, -0.15) is 12.6 Å². The molecule has 0 bridgehead atoms. The van der Waals surface area contributed by atoms with E-state index in [0.29, 0.717) is 0 Å². The van der Waals surface area contributed by atoms with Gasteiger partial charge in [-0.3, -0.25) is 0 Å². The summed E-state index contributed by atoms with van der Waals surface area (Å²) in [4.78, 5) is 0. The van der Waals surface area contributed by atoms with Crippen LogP contribution in [-0.2, 0) is 0 Å². The Morgan fingerprint density at radius 2 is 0.808 bits per heavy atom. The Balaban J connectivity index is 0.000000814. The van der Waals surface area contributed by atoms with E-state index in [1.54, 1.807) is 6.26 Å². The van der Waals surface area contributed by atoms with Gasteiger partial charge in [-0.25, -0.2) is 0 Å². The summed E-state index contributed by atoms with van der Waals surface area (Å²) >= 11 is 3.53. The zero-order valence-corrected chi connectivity index (χ0v) is 15.6. The van der Waals surface area contributed by atoms with Crippen molar-refractivity contribution in [3.63, 3.8) is 0 Å². The first-order valence-corrected chi connectivity index (χ1v) is 9.65. The molecule has 26 heavy (non-hydrogen) atoms. The minimum absolute atomic E-state index is 1.26. The number of thiol groups is 1. The molecule has 0 N–H and O–H groups in total. The van der Waals surface area contributed by atoms with Crippen molar-refractivity contribution in [1.29, 1.82) is 0 Å². The van der Waals surface area contributed by atoms with E-state index in [-0.39, 0.29) is 0 Å². The molecule has 0 saturated heterocycles. The topological polar surface area (TPSA) is 0 Å². The molecule has 0 aliphatic heterocycles. The maximum absolute atomic E-state index is 3.53. The van der Waals surface area contributed by atoms with E-state index in [9.17, 15) is 0 Å². The SMILES string of the molecule is CS.c1ccc(-c2ccc3c4ccccc4c4ccccc4c3c2)cc1. The fourth-order valence-corrected chi connectivity index (χ4v) is 3.72. The normalized spacial score (nSPS) is 10.7. The molecule has 5 aromatic rings. The zero-order valence-electron chi connectivity index (χ0n) is 14.7. The molecule has 0 radical (unpaired) electrons. The molecular formula is C25H20S. The summed E-state index contributed by atoms with van der Waals surface area (Å²) in [6.07, 6.45) is 1.69. The summed E-state index contributed by atoms with van der Waals surface area (Å²) in [5.41, 5.74) is 2.53. The molecule has 5 aromatic carbocycles. The van der Waals surface area contributed by atoms with Crippen LogP contribution in [0.1, 0.15) is 0 Å². The molecule has 0 aromatic heterocycles. The monoisotopic (exact) mass is 352 g/mol. The van der Waals surface area contributed by atoms with Crippen LogP contribution in [0.15, 0.2) is 97.1 Å². The van der Waals surface area contributed by atoms with Gasteiger partial charge in [-0.1, -0.05) is 91.0 Å². The van der Waals surface area contributed by atoms with Gasteiger partial charge in [0, 0.05) is 0 Å². The van der Waals surface area contributed by atoms with Gasteiger partial charge in [-0.15, -0.1) is 0 Å². The van der Waals surface area contributed by atoms with Gasteiger partial charge in [0.1, 0.15) is 0 Å². The Labute approximate surface area is 159 Å². The lowest BCUT2D eigenvalue weighted by Gasteiger charge is -2.12. The van der Waals surface area contributed by atoms with Crippen LogP contribution in [0.2, 0.25) is 0 Å². The van der Waals surface area contributed by atoms with Crippen LogP contribution in [0.5, 0.6) is 0 Å².